The molecule has 0 aromatic carbocycles. The van der Waals surface area contributed by atoms with E-state index in [9.17, 15) is 9.90 Å². The summed E-state index contributed by atoms with van der Waals surface area (Å²) >= 11 is 0. The molecule has 17 heavy (non-hydrogen) atoms. The third-order valence-corrected chi connectivity index (χ3v) is 2.64. The van der Waals surface area contributed by atoms with Gasteiger partial charge in [0.25, 0.3) is 0 Å². The average Bonchev–Trinajstić information content (AvgIpc) is 2.80. The van der Waals surface area contributed by atoms with Gasteiger partial charge in [0.2, 0.25) is 11.7 Å². The van der Waals surface area contributed by atoms with Gasteiger partial charge in [0.15, 0.2) is 0 Å². The summed E-state index contributed by atoms with van der Waals surface area (Å²) < 4.78 is 10.2. The van der Waals surface area contributed by atoms with Crippen molar-refractivity contribution in [3.8, 4) is 0 Å². The van der Waals surface area contributed by atoms with Crippen LogP contribution in [0, 0.1) is 0 Å². The van der Waals surface area contributed by atoms with E-state index in [0.29, 0.717) is 31.8 Å². The molecule has 5 nitrogen and oxygen atoms in total. The van der Waals surface area contributed by atoms with E-state index in [-0.39, 0.29) is 11.9 Å². The highest BCUT2D eigenvalue weighted by Gasteiger charge is 2.19. The van der Waals surface area contributed by atoms with Crippen molar-refractivity contribution in [2.75, 3.05) is 6.61 Å². The fourth-order valence-corrected chi connectivity index (χ4v) is 1.73. The van der Waals surface area contributed by atoms with Crippen LogP contribution in [0.15, 0.2) is 16.7 Å². The van der Waals surface area contributed by atoms with Gasteiger partial charge in [0.1, 0.15) is 0 Å². The zero-order valence-electron chi connectivity index (χ0n) is 9.68. The molecule has 0 saturated heterocycles. The molecule has 2 rings (SSSR count). The van der Waals surface area contributed by atoms with Crippen LogP contribution >= 0.6 is 0 Å². The Morgan fingerprint density at radius 3 is 3.18 bits per heavy atom. The number of aliphatic hydroxyl groups excluding tert-OH is 1. The predicted octanol–water partition coefficient (Wildman–Crippen LogP) is 1.78. The largest absolute Gasteiger partial charge is 0.460 e. The maximum atomic E-state index is 11.4. The lowest BCUT2D eigenvalue weighted by Crippen LogP contribution is -2.09. The number of hydrogen-bond donors (Lipinski definition) is 1. The van der Waals surface area contributed by atoms with Crippen LogP contribution in [0.2, 0.25) is 0 Å². The molecule has 0 amide bonds. The summed E-state index contributed by atoms with van der Waals surface area (Å²) in [6.45, 7) is 2.05. The molecule has 0 spiro atoms. The van der Waals surface area contributed by atoms with Crippen molar-refractivity contribution in [3.05, 3.63) is 23.9 Å². The van der Waals surface area contributed by atoms with Crippen LogP contribution in [0.1, 0.15) is 42.6 Å². The van der Waals surface area contributed by atoms with Crippen LogP contribution < -0.4 is 0 Å². The number of esters is 1. The Bertz CT molecular complexity index is 435. The summed E-state index contributed by atoms with van der Waals surface area (Å²) in [6.07, 6.45) is 5.01. The van der Waals surface area contributed by atoms with Crippen LogP contribution in [0.3, 0.4) is 0 Å². The average molecular weight is 237 g/mol. The van der Waals surface area contributed by atoms with E-state index in [1.54, 1.807) is 6.92 Å². The maximum Gasteiger partial charge on any atom is 0.375 e. The Labute approximate surface area is 99.1 Å². The molecule has 1 aliphatic rings. The lowest BCUT2D eigenvalue weighted by Gasteiger charge is -2.14. The van der Waals surface area contributed by atoms with Gasteiger partial charge < -0.3 is 14.3 Å². The van der Waals surface area contributed by atoms with Crippen molar-refractivity contribution >= 4 is 11.5 Å². The summed E-state index contributed by atoms with van der Waals surface area (Å²) in [6, 6.07) is 0. The van der Waals surface area contributed by atoms with Crippen molar-refractivity contribution in [1.29, 1.82) is 0 Å². The first-order chi connectivity index (χ1) is 8.20. The Morgan fingerprint density at radius 1 is 1.71 bits per heavy atom. The third kappa shape index (κ3) is 2.74. The smallest absolute Gasteiger partial charge is 0.375 e. The Balaban J connectivity index is 2.10. The first-order valence-corrected chi connectivity index (χ1v) is 5.71. The Morgan fingerprint density at radius 2 is 2.53 bits per heavy atom. The lowest BCUT2D eigenvalue weighted by atomic mass is 9.97. The molecule has 1 aliphatic carbocycles. The molecular weight excluding hydrogens is 222 g/mol. The summed E-state index contributed by atoms with van der Waals surface area (Å²) in [4.78, 5) is 15.4. The van der Waals surface area contributed by atoms with E-state index >= 15 is 0 Å². The molecule has 0 fully saturated rings. The van der Waals surface area contributed by atoms with E-state index in [1.165, 1.54) is 6.20 Å². The molecule has 1 heterocycles. The number of ether oxygens (including phenoxy) is 1. The zero-order valence-corrected chi connectivity index (χ0v) is 9.68. The lowest BCUT2D eigenvalue weighted by molar-refractivity contribution is 0.0489. The molecule has 1 aromatic rings. The summed E-state index contributed by atoms with van der Waals surface area (Å²) in [5, 5.41) is 9.37. The number of carbonyl (C=O) groups is 1. The molecule has 5 heteroatoms. The predicted molar refractivity (Wildman–Crippen MR) is 60.3 cm³/mol. The molecule has 0 saturated carbocycles. The number of hydrogen-bond acceptors (Lipinski definition) is 5. The highest BCUT2D eigenvalue weighted by molar-refractivity contribution is 5.86. The maximum absolute atomic E-state index is 11.4. The normalized spacial score (nSPS) is 19.9. The van der Waals surface area contributed by atoms with Gasteiger partial charge in [0.05, 0.1) is 18.9 Å². The van der Waals surface area contributed by atoms with Gasteiger partial charge in [-0.3, -0.25) is 0 Å². The van der Waals surface area contributed by atoms with Crippen molar-refractivity contribution in [1.82, 2.24) is 4.98 Å². The number of aliphatic hydroxyl groups is 1. The quantitative estimate of drug-likeness (QED) is 0.811. The fourth-order valence-electron chi connectivity index (χ4n) is 1.73. The van der Waals surface area contributed by atoms with Gasteiger partial charge in [-0.05, 0) is 26.2 Å². The van der Waals surface area contributed by atoms with Gasteiger partial charge in [-0.25, -0.2) is 9.78 Å². The van der Waals surface area contributed by atoms with Crippen molar-refractivity contribution < 1.29 is 19.1 Å². The summed E-state index contributed by atoms with van der Waals surface area (Å²) in [5.41, 5.74) is 0.936. The van der Waals surface area contributed by atoms with Crippen molar-refractivity contribution in [2.24, 2.45) is 0 Å². The summed E-state index contributed by atoms with van der Waals surface area (Å²) in [5.74, 6) is 0.0662. The monoisotopic (exact) mass is 237 g/mol. The topological polar surface area (TPSA) is 72.6 Å². The van der Waals surface area contributed by atoms with E-state index in [0.717, 1.165) is 5.57 Å². The first-order valence-electron chi connectivity index (χ1n) is 5.71. The highest BCUT2D eigenvalue weighted by Crippen LogP contribution is 2.26. The number of oxazole rings is 1. The van der Waals surface area contributed by atoms with Crippen LogP contribution in [-0.4, -0.2) is 28.8 Å². The molecule has 0 radical (unpaired) electrons. The van der Waals surface area contributed by atoms with Crippen LogP contribution in [0.25, 0.3) is 5.57 Å². The van der Waals surface area contributed by atoms with Gasteiger partial charge in [-0.15, -0.1) is 0 Å². The number of allylic oxidation sites excluding steroid dienone is 1. The van der Waals surface area contributed by atoms with Crippen molar-refractivity contribution in [2.45, 2.75) is 32.3 Å². The van der Waals surface area contributed by atoms with Crippen LogP contribution in [0.5, 0.6) is 0 Å². The van der Waals surface area contributed by atoms with Crippen LogP contribution in [0.4, 0.5) is 0 Å². The molecule has 0 bridgehead atoms. The number of aromatic nitrogens is 1. The van der Waals surface area contributed by atoms with Crippen molar-refractivity contribution in [3.63, 3.8) is 0 Å². The van der Waals surface area contributed by atoms with Gasteiger partial charge in [-0.2, -0.15) is 0 Å². The van der Waals surface area contributed by atoms with Gasteiger partial charge in [-0.1, -0.05) is 6.08 Å². The van der Waals surface area contributed by atoms with E-state index < -0.39 is 5.97 Å². The molecule has 1 aromatic heterocycles. The number of nitrogens with zero attached hydrogens (tertiary/aromatic N) is 1. The summed E-state index contributed by atoms with van der Waals surface area (Å²) in [7, 11) is 0. The number of rotatable bonds is 3. The minimum absolute atomic E-state index is 0.119. The number of carbonyl (C=O) groups excluding carboxylic acids is 1. The molecular formula is C12H15NO4. The minimum Gasteiger partial charge on any atom is -0.460 e. The second-order valence-electron chi connectivity index (χ2n) is 3.91. The van der Waals surface area contributed by atoms with E-state index in [4.69, 9.17) is 9.15 Å². The molecule has 0 unspecified atom stereocenters. The molecule has 1 N–H and O–H groups in total. The van der Waals surface area contributed by atoms with Crippen LogP contribution in [-0.2, 0) is 4.74 Å². The molecule has 92 valence electrons. The highest BCUT2D eigenvalue weighted by atomic mass is 16.5. The second-order valence-corrected chi connectivity index (χ2v) is 3.91. The first kappa shape index (κ1) is 11.9. The molecule has 0 aliphatic heterocycles. The second kappa shape index (κ2) is 5.14. The standard InChI is InChI=1S/C12H15NO4/c1-2-16-12(15)10-7-13-11(17-10)8-3-5-9(14)6-4-8/h3,7,9,14H,2,4-6H2,1H3/t9-/m1/s1. The zero-order chi connectivity index (χ0) is 12.3. The Kier molecular flexibility index (Phi) is 3.58. The van der Waals surface area contributed by atoms with E-state index in [2.05, 4.69) is 4.98 Å². The molecule has 1 atom stereocenters. The van der Waals surface area contributed by atoms with Gasteiger partial charge in [0, 0.05) is 5.57 Å². The van der Waals surface area contributed by atoms with E-state index in [1.807, 2.05) is 6.08 Å². The SMILES string of the molecule is CCOC(=O)c1cnc(C2=CC[C@@H](O)CC2)o1. The Hall–Kier alpha value is -1.62. The minimum atomic E-state index is -0.498. The fraction of sp³-hybridized carbons (Fsp3) is 0.500. The third-order valence-electron chi connectivity index (χ3n) is 2.64. The van der Waals surface area contributed by atoms with Gasteiger partial charge >= 0.3 is 5.97 Å².